The van der Waals surface area contributed by atoms with Crippen LogP contribution in [0.2, 0.25) is 0 Å². The van der Waals surface area contributed by atoms with Gasteiger partial charge in [-0.05, 0) is 19.2 Å². The normalized spacial score (nSPS) is 23.9. The van der Waals surface area contributed by atoms with E-state index in [4.69, 9.17) is 0 Å². The fourth-order valence-corrected chi connectivity index (χ4v) is 2.78. The predicted octanol–water partition coefficient (Wildman–Crippen LogP) is 0.194. The predicted molar refractivity (Wildman–Crippen MR) is 76.1 cm³/mol. The second kappa shape index (κ2) is 5.32. The maximum absolute atomic E-state index is 10.0. The average molecular weight is 273 g/mol. The smallest absolute Gasteiger partial charge is 0.0992 e. The van der Waals surface area contributed by atoms with E-state index in [1.165, 1.54) is 0 Å². The topological polar surface area (TPSA) is 77.1 Å². The van der Waals surface area contributed by atoms with Gasteiger partial charge in [-0.2, -0.15) is 5.10 Å². The number of aliphatic hydroxyl groups excluding tert-OH is 1. The van der Waals surface area contributed by atoms with Crippen molar-refractivity contribution in [3.63, 3.8) is 0 Å². The number of pyridine rings is 1. The summed E-state index contributed by atoms with van der Waals surface area (Å²) in [6.45, 7) is 2.51. The number of hydrogen-bond acceptors (Lipinski definition) is 5. The molecule has 0 aromatic carbocycles. The highest BCUT2D eigenvalue weighted by Crippen LogP contribution is 2.33. The lowest BCUT2D eigenvalue weighted by atomic mass is 9.88. The summed E-state index contributed by atoms with van der Waals surface area (Å²) in [4.78, 5) is 6.56. The van der Waals surface area contributed by atoms with E-state index in [0.29, 0.717) is 6.54 Å². The van der Waals surface area contributed by atoms with Gasteiger partial charge in [0, 0.05) is 31.4 Å². The van der Waals surface area contributed by atoms with Crippen LogP contribution in [-0.2, 0) is 5.54 Å². The molecular weight excluding hydrogens is 254 g/mol. The molecule has 0 bridgehead atoms. The Hall–Kier alpha value is -1.76. The zero-order chi connectivity index (χ0) is 14.0. The van der Waals surface area contributed by atoms with Gasteiger partial charge < -0.3 is 10.4 Å². The molecule has 2 aromatic heterocycles. The molecule has 1 saturated heterocycles. The van der Waals surface area contributed by atoms with Crippen molar-refractivity contribution in [3.8, 4) is 11.3 Å². The van der Waals surface area contributed by atoms with Crippen molar-refractivity contribution in [1.29, 1.82) is 0 Å². The number of likely N-dealkylation sites (N-methyl/N-ethyl adjacent to an activating group) is 1. The molecule has 0 saturated carbocycles. The Morgan fingerprint density at radius 1 is 1.45 bits per heavy atom. The first kappa shape index (κ1) is 13.2. The summed E-state index contributed by atoms with van der Waals surface area (Å²) in [6, 6.07) is 5.79. The fourth-order valence-electron chi connectivity index (χ4n) is 2.78. The van der Waals surface area contributed by atoms with Gasteiger partial charge in [0.2, 0.25) is 0 Å². The van der Waals surface area contributed by atoms with Crippen LogP contribution < -0.4 is 5.32 Å². The summed E-state index contributed by atoms with van der Waals surface area (Å²) in [7, 11) is 2.03. The molecule has 0 amide bonds. The summed E-state index contributed by atoms with van der Waals surface area (Å²) in [5, 5.41) is 20.6. The van der Waals surface area contributed by atoms with Gasteiger partial charge in [0.05, 0.1) is 29.7 Å². The van der Waals surface area contributed by atoms with E-state index in [-0.39, 0.29) is 6.61 Å². The van der Waals surface area contributed by atoms with Crippen LogP contribution in [0.5, 0.6) is 0 Å². The van der Waals surface area contributed by atoms with E-state index in [1.54, 1.807) is 12.4 Å². The lowest BCUT2D eigenvalue weighted by Crippen LogP contribution is -2.59. The van der Waals surface area contributed by atoms with Crippen LogP contribution in [0.4, 0.5) is 0 Å². The minimum Gasteiger partial charge on any atom is -0.394 e. The number of hydrogen-bond donors (Lipinski definition) is 3. The standard InChI is InChI=1S/C14H19N5O/c1-19-7-6-15-9-14(19,10-20)13-11(8-17-18-13)12-4-2-3-5-16-12/h2-5,8,15,20H,6-7,9-10H2,1H3,(H,17,18). The minimum absolute atomic E-state index is 0.0263. The van der Waals surface area contributed by atoms with Crippen molar-refractivity contribution < 1.29 is 5.11 Å². The van der Waals surface area contributed by atoms with Crippen molar-refractivity contribution in [2.24, 2.45) is 0 Å². The molecule has 20 heavy (non-hydrogen) atoms. The molecule has 0 aliphatic carbocycles. The molecule has 3 N–H and O–H groups in total. The summed E-state index contributed by atoms with van der Waals surface area (Å²) in [6.07, 6.45) is 3.54. The minimum atomic E-state index is -0.485. The van der Waals surface area contributed by atoms with Crippen molar-refractivity contribution >= 4 is 0 Å². The van der Waals surface area contributed by atoms with Crippen molar-refractivity contribution in [2.75, 3.05) is 33.3 Å². The monoisotopic (exact) mass is 273 g/mol. The average Bonchev–Trinajstić information content (AvgIpc) is 2.99. The number of rotatable bonds is 3. The van der Waals surface area contributed by atoms with Gasteiger partial charge in [0.1, 0.15) is 0 Å². The fraction of sp³-hybridized carbons (Fsp3) is 0.429. The third kappa shape index (κ3) is 2.02. The van der Waals surface area contributed by atoms with E-state index in [2.05, 4.69) is 25.4 Å². The van der Waals surface area contributed by atoms with E-state index in [0.717, 1.165) is 30.0 Å². The second-order valence-corrected chi connectivity index (χ2v) is 5.16. The lowest BCUT2D eigenvalue weighted by molar-refractivity contribution is 0.0236. The zero-order valence-electron chi connectivity index (χ0n) is 11.5. The van der Waals surface area contributed by atoms with E-state index in [9.17, 15) is 5.11 Å². The Morgan fingerprint density at radius 3 is 3.05 bits per heavy atom. The SMILES string of the molecule is CN1CCNCC1(CO)c1[nH]ncc1-c1ccccn1. The maximum atomic E-state index is 10.0. The number of nitrogens with one attached hydrogen (secondary N) is 2. The van der Waals surface area contributed by atoms with Gasteiger partial charge in [-0.3, -0.25) is 15.0 Å². The second-order valence-electron chi connectivity index (χ2n) is 5.16. The molecule has 1 unspecified atom stereocenters. The van der Waals surface area contributed by atoms with Crippen molar-refractivity contribution in [3.05, 3.63) is 36.3 Å². The van der Waals surface area contributed by atoms with E-state index >= 15 is 0 Å². The molecule has 3 heterocycles. The summed E-state index contributed by atoms with van der Waals surface area (Å²) >= 11 is 0. The Kier molecular flexibility index (Phi) is 3.52. The number of piperazine rings is 1. The van der Waals surface area contributed by atoms with Crippen molar-refractivity contribution in [1.82, 2.24) is 25.4 Å². The quantitative estimate of drug-likeness (QED) is 0.744. The van der Waals surface area contributed by atoms with Crippen molar-refractivity contribution in [2.45, 2.75) is 5.54 Å². The Balaban J connectivity index is 2.08. The Labute approximate surface area is 117 Å². The summed E-state index contributed by atoms with van der Waals surface area (Å²) in [5.41, 5.74) is 2.23. The van der Waals surface area contributed by atoms with Crippen LogP contribution in [0.25, 0.3) is 11.3 Å². The van der Waals surface area contributed by atoms with Gasteiger partial charge >= 0.3 is 0 Å². The number of aromatic amines is 1. The van der Waals surface area contributed by atoms with Crippen LogP contribution in [0.15, 0.2) is 30.6 Å². The van der Waals surface area contributed by atoms with Crippen LogP contribution in [0, 0.1) is 0 Å². The maximum Gasteiger partial charge on any atom is 0.0992 e. The van der Waals surface area contributed by atoms with Gasteiger partial charge in [-0.25, -0.2) is 0 Å². The van der Waals surface area contributed by atoms with Gasteiger partial charge in [-0.15, -0.1) is 0 Å². The summed E-state index contributed by atoms with van der Waals surface area (Å²) in [5.74, 6) is 0. The molecule has 6 nitrogen and oxygen atoms in total. The highest BCUT2D eigenvalue weighted by Gasteiger charge is 2.41. The number of aromatic nitrogens is 3. The molecule has 0 radical (unpaired) electrons. The Morgan fingerprint density at radius 2 is 2.35 bits per heavy atom. The van der Waals surface area contributed by atoms with E-state index < -0.39 is 5.54 Å². The zero-order valence-corrected chi connectivity index (χ0v) is 11.5. The lowest BCUT2D eigenvalue weighted by Gasteiger charge is -2.44. The molecule has 1 aliphatic heterocycles. The molecule has 2 aromatic rings. The van der Waals surface area contributed by atoms with Gasteiger partial charge in [0.15, 0.2) is 0 Å². The van der Waals surface area contributed by atoms with Crippen LogP contribution in [0.3, 0.4) is 0 Å². The number of aliphatic hydroxyl groups is 1. The van der Waals surface area contributed by atoms with Crippen LogP contribution >= 0.6 is 0 Å². The largest absolute Gasteiger partial charge is 0.394 e. The molecule has 1 aliphatic rings. The summed E-state index contributed by atoms with van der Waals surface area (Å²) < 4.78 is 0. The van der Waals surface area contributed by atoms with Gasteiger partial charge in [0.25, 0.3) is 0 Å². The van der Waals surface area contributed by atoms with Gasteiger partial charge in [-0.1, -0.05) is 6.07 Å². The molecule has 3 rings (SSSR count). The molecule has 1 fully saturated rings. The molecule has 106 valence electrons. The van der Waals surface area contributed by atoms with Crippen LogP contribution in [-0.4, -0.2) is 58.5 Å². The number of nitrogens with zero attached hydrogens (tertiary/aromatic N) is 3. The molecule has 6 heteroatoms. The van der Waals surface area contributed by atoms with E-state index in [1.807, 2.05) is 25.2 Å². The highest BCUT2D eigenvalue weighted by atomic mass is 16.3. The molecule has 0 spiro atoms. The third-order valence-corrected chi connectivity index (χ3v) is 4.08. The highest BCUT2D eigenvalue weighted by molar-refractivity contribution is 5.62. The number of H-pyrrole nitrogens is 1. The Bertz CT molecular complexity index is 570. The first-order valence-corrected chi connectivity index (χ1v) is 6.76. The molecule has 1 atom stereocenters. The third-order valence-electron chi connectivity index (χ3n) is 4.08. The first-order valence-electron chi connectivity index (χ1n) is 6.76. The molecular formula is C14H19N5O. The van der Waals surface area contributed by atoms with Crippen LogP contribution in [0.1, 0.15) is 5.69 Å². The first-order chi connectivity index (χ1) is 9.78.